The van der Waals surface area contributed by atoms with Crippen molar-refractivity contribution >= 4 is 11.9 Å². The van der Waals surface area contributed by atoms with Gasteiger partial charge in [-0.15, -0.1) is 0 Å². The highest BCUT2D eigenvalue weighted by atomic mass is 16.2. The van der Waals surface area contributed by atoms with Crippen LogP contribution >= 0.6 is 0 Å². The Kier molecular flexibility index (Phi) is 6.01. The fourth-order valence-electron chi connectivity index (χ4n) is 2.73. The highest BCUT2D eigenvalue weighted by molar-refractivity contribution is 5.91. The first-order valence-corrected chi connectivity index (χ1v) is 8.49. The van der Waals surface area contributed by atoms with Crippen molar-refractivity contribution in [1.82, 2.24) is 16.0 Å². The second-order valence-electron chi connectivity index (χ2n) is 6.82. The molecule has 5 nitrogen and oxygen atoms in total. The Labute approximate surface area is 143 Å². The van der Waals surface area contributed by atoms with Crippen LogP contribution in [0, 0.1) is 0 Å². The number of carbonyl (C=O) groups excluding carboxylic acids is 2. The number of hydrogen-bond acceptors (Lipinski definition) is 2. The molecule has 0 aromatic heterocycles. The Morgan fingerprint density at radius 3 is 2.71 bits per heavy atom. The SMILES string of the molecule is CC(C)NC(=O)N[C@@]1(C)CC=C[C@@H](CCc2ccccc2)NC1=O. The molecule has 1 aliphatic rings. The van der Waals surface area contributed by atoms with Crippen molar-refractivity contribution in [3.8, 4) is 0 Å². The number of rotatable bonds is 5. The summed E-state index contributed by atoms with van der Waals surface area (Å²) in [6.45, 7) is 5.52. The van der Waals surface area contributed by atoms with E-state index < -0.39 is 5.54 Å². The van der Waals surface area contributed by atoms with Crippen LogP contribution in [0.5, 0.6) is 0 Å². The van der Waals surface area contributed by atoms with Crippen molar-refractivity contribution < 1.29 is 9.59 Å². The highest BCUT2D eigenvalue weighted by Gasteiger charge is 2.36. The molecule has 24 heavy (non-hydrogen) atoms. The Bertz CT molecular complexity index is 598. The number of aryl methyl sites for hydroxylation is 1. The van der Waals surface area contributed by atoms with Crippen molar-refractivity contribution in [2.45, 2.75) is 57.7 Å². The molecule has 0 aliphatic carbocycles. The van der Waals surface area contributed by atoms with Gasteiger partial charge in [-0.05, 0) is 45.6 Å². The summed E-state index contributed by atoms with van der Waals surface area (Å²) >= 11 is 0. The van der Waals surface area contributed by atoms with Gasteiger partial charge in [0.15, 0.2) is 0 Å². The van der Waals surface area contributed by atoms with Crippen molar-refractivity contribution in [3.05, 3.63) is 48.0 Å². The standard InChI is InChI=1S/C19H27N3O2/c1-14(2)20-18(24)22-19(3)13-7-10-16(21-17(19)23)12-11-15-8-5-4-6-9-15/h4-10,14,16H,11-13H2,1-3H3,(H,21,23)(H2,20,22,24)/t16-,19-/m0/s1. The van der Waals surface area contributed by atoms with Crippen LogP contribution in [0.25, 0.3) is 0 Å². The van der Waals surface area contributed by atoms with Gasteiger partial charge in [-0.25, -0.2) is 4.79 Å². The Morgan fingerprint density at radius 1 is 1.33 bits per heavy atom. The van der Waals surface area contributed by atoms with Crippen LogP contribution in [0.3, 0.4) is 0 Å². The number of benzene rings is 1. The van der Waals surface area contributed by atoms with Gasteiger partial charge < -0.3 is 16.0 Å². The van der Waals surface area contributed by atoms with Crippen LogP contribution in [-0.4, -0.2) is 29.6 Å². The molecular weight excluding hydrogens is 302 g/mol. The van der Waals surface area contributed by atoms with Gasteiger partial charge in [0.05, 0.1) is 0 Å². The first kappa shape index (κ1) is 18.0. The lowest BCUT2D eigenvalue weighted by molar-refractivity contribution is -0.126. The third kappa shape index (κ3) is 5.11. The summed E-state index contributed by atoms with van der Waals surface area (Å²) in [5, 5.41) is 8.59. The minimum absolute atomic E-state index is 0.0190. The molecule has 2 rings (SSSR count). The lowest BCUT2D eigenvalue weighted by atomic mass is 9.97. The van der Waals surface area contributed by atoms with Crippen LogP contribution in [0.2, 0.25) is 0 Å². The van der Waals surface area contributed by atoms with Crippen LogP contribution in [-0.2, 0) is 11.2 Å². The monoisotopic (exact) mass is 329 g/mol. The zero-order chi connectivity index (χ0) is 17.6. The normalized spacial score (nSPS) is 23.5. The molecule has 5 heteroatoms. The number of carbonyl (C=O) groups is 2. The molecule has 0 fully saturated rings. The van der Waals surface area contributed by atoms with Gasteiger partial charge in [0.25, 0.3) is 0 Å². The second kappa shape index (κ2) is 7.99. The maximum atomic E-state index is 12.6. The van der Waals surface area contributed by atoms with Crippen molar-refractivity contribution in [1.29, 1.82) is 0 Å². The fraction of sp³-hybridized carbons (Fsp3) is 0.474. The number of hydrogen-bond donors (Lipinski definition) is 3. The third-order valence-corrected chi connectivity index (χ3v) is 4.11. The fourth-order valence-corrected chi connectivity index (χ4v) is 2.73. The van der Waals surface area contributed by atoms with Gasteiger partial charge in [-0.2, -0.15) is 0 Å². The summed E-state index contributed by atoms with van der Waals surface area (Å²) in [5.74, 6) is -0.149. The lowest BCUT2D eigenvalue weighted by Gasteiger charge is -2.28. The van der Waals surface area contributed by atoms with Crippen LogP contribution < -0.4 is 16.0 Å². The molecule has 0 radical (unpaired) electrons. The molecule has 2 atom stereocenters. The Morgan fingerprint density at radius 2 is 2.04 bits per heavy atom. The largest absolute Gasteiger partial charge is 0.348 e. The molecule has 0 spiro atoms. The van der Waals surface area contributed by atoms with E-state index in [1.165, 1.54) is 5.56 Å². The molecule has 130 valence electrons. The summed E-state index contributed by atoms with van der Waals surface area (Å²) in [5.41, 5.74) is 0.318. The first-order chi connectivity index (χ1) is 11.4. The van der Waals surface area contributed by atoms with E-state index in [9.17, 15) is 9.59 Å². The molecule has 0 saturated heterocycles. The minimum atomic E-state index is -0.934. The van der Waals surface area contributed by atoms with E-state index in [1.54, 1.807) is 6.92 Å². The zero-order valence-electron chi connectivity index (χ0n) is 14.6. The van der Waals surface area contributed by atoms with E-state index in [1.807, 2.05) is 44.2 Å². The minimum Gasteiger partial charge on any atom is -0.348 e. The van der Waals surface area contributed by atoms with Crippen molar-refractivity contribution in [2.24, 2.45) is 0 Å². The van der Waals surface area contributed by atoms with Gasteiger partial charge in [-0.1, -0.05) is 42.5 Å². The van der Waals surface area contributed by atoms with Crippen LogP contribution in [0.1, 0.15) is 39.2 Å². The molecule has 1 heterocycles. The molecule has 1 aromatic carbocycles. The van der Waals surface area contributed by atoms with Gasteiger partial charge in [0.2, 0.25) is 5.91 Å². The zero-order valence-corrected chi connectivity index (χ0v) is 14.6. The maximum absolute atomic E-state index is 12.6. The summed E-state index contributed by atoms with van der Waals surface area (Å²) < 4.78 is 0. The summed E-state index contributed by atoms with van der Waals surface area (Å²) in [6.07, 6.45) is 6.21. The van der Waals surface area contributed by atoms with E-state index in [0.29, 0.717) is 6.42 Å². The quantitative estimate of drug-likeness (QED) is 0.727. The summed E-state index contributed by atoms with van der Waals surface area (Å²) in [7, 11) is 0. The molecule has 1 aliphatic heterocycles. The van der Waals surface area contributed by atoms with E-state index in [2.05, 4.69) is 28.1 Å². The van der Waals surface area contributed by atoms with Crippen molar-refractivity contribution in [3.63, 3.8) is 0 Å². The van der Waals surface area contributed by atoms with Gasteiger partial charge >= 0.3 is 6.03 Å². The van der Waals surface area contributed by atoms with Gasteiger partial charge in [-0.3, -0.25) is 4.79 Å². The average molecular weight is 329 g/mol. The summed E-state index contributed by atoms with van der Waals surface area (Å²) in [4.78, 5) is 24.5. The Hall–Kier alpha value is -2.30. The van der Waals surface area contributed by atoms with Gasteiger partial charge in [0.1, 0.15) is 5.54 Å². The molecular formula is C19H27N3O2. The molecule has 0 saturated carbocycles. The molecule has 3 amide bonds. The van der Waals surface area contributed by atoms with E-state index >= 15 is 0 Å². The highest BCUT2D eigenvalue weighted by Crippen LogP contribution is 2.17. The topological polar surface area (TPSA) is 70.2 Å². The maximum Gasteiger partial charge on any atom is 0.315 e. The molecule has 1 aromatic rings. The molecule has 0 unspecified atom stereocenters. The number of nitrogens with one attached hydrogen (secondary N) is 3. The Balaban J connectivity index is 1.93. The van der Waals surface area contributed by atoms with Crippen molar-refractivity contribution in [2.75, 3.05) is 0 Å². The first-order valence-electron chi connectivity index (χ1n) is 8.49. The number of amides is 3. The van der Waals surface area contributed by atoms with Gasteiger partial charge in [0, 0.05) is 12.1 Å². The second-order valence-corrected chi connectivity index (χ2v) is 6.82. The predicted molar refractivity (Wildman–Crippen MR) is 95.7 cm³/mol. The van der Waals surface area contributed by atoms with E-state index in [4.69, 9.17) is 0 Å². The third-order valence-electron chi connectivity index (χ3n) is 4.11. The van der Waals surface area contributed by atoms with E-state index in [-0.39, 0.29) is 24.0 Å². The van der Waals surface area contributed by atoms with Crippen LogP contribution in [0.15, 0.2) is 42.5 Å². The lowest BCUT2D eigenvalue weighted by Crippen LogP contribution is -2.59. The molecule has 3 N–H and O–H groups in total. The summed E-state index contributed by atoms with van der Waals surface area (Å²) in [6, 6.07) is 9.89. The number of urea groups is 1. The molecule has 0 bridgehead atoms. The predicted octanol–water partition coefficient (Wildman–Crippen LogP) is 2.53. The smallest absolute Gasteiger partial charge is 0.315 e. The van der Waals surface area contributed by atoms with E-state index in [0.717, 1.165) is 12.8 Å². The van der Waals surface area contributed by atoms with Crippen LogP contribution in [0.4, 0.5) is 4.79 Å². The average Bonchev–Trinajstić information content (AvgIpc) is 2.65.